The van der Waals surface area contributed by atoms with E-state index in [9.17, 15) is 4.79 Å². The summed E-state index contributed by atoms with van der Waals surface area (Å²) in [6.45, 7) is 3.86. The molecule has 0 atom stereocenters. The van der Waals surface area contributed by atoms with E-state index in [1.807, 2.05) is 48.9 Å². The summed E-state index contributed by atoms with van der Waals surface area (Å²) < 4.78 is 2.73. The van der Waals surface area contributed by atoms with Crippen molar-refractivity contribution in [1.29, 1.82) is 0 Å². The number of rotatable bonds is 6. The fourth-order valence-corrected chi connectivity index (χ4v) is 3.80. The maximum absolute atomic E-state index is 12.2. The van der Waals surface area contributed by atoms with Crippen molar-refractivity contribution < 1.29 is 4.79 Å². The van der Waals surface area contributed by atoms with E-state index in [1.54, 1.807) is 5.51 Å². The third kappa shape index (κ3) is 3.82. The third-order valence-electron chi connectivity index (χ3n) is 3.45. The molecule has 24 heavy (non-hydrogen) atoms. The third-order valence-corrected chi connectivity index (χ3v) is 5.31. The number of nitrogens with one attached hydrogen (secondary N) is 1. The minimum Gasteiger partial charge on any atom is -0.323 e. The Hall–Kier alpha value is -2.19. The number of hydrogen-bond acceptors (Lipinski definition) is 6. The lowest BCUT2D eigenvalue weighted by molar-refractivity contribution is -0.115. The molecular weight excluding hydrogens is 342 g/mol. The van der Waals surface area contributed by atoms with Gasteiger partial charge < -0.3 is 5.32 Å². The summed E-state index contributed by atoms with van der Waals surface area (Å²) in [6.07, 6.45) is 0.416. The van der Waals surface area contributed by atoms with Gasteiger partial charge in [0.2, 0.25) is 5.91 Å². The van der Waals surface area contributed by atoms with Crippen molar-refractivity contribution in [1.82, 2.24) is 20.0 Å². The maximum atomic E-state index is 12.2. The van der Waals surface area contributed by atoms with Crippen LogP contribution in [0.1, 0.15) is 17.8 Å². The van der Waals surface area contributed by atoms with Gasteiger partial charge in [-0.3, -0.25) is 4.79 Å². The summed E-state index contributed by atoms with van der Waals surface area (Å²) >= 11 is 3.02. The minimum absolute atomic E-state index is 0.0224. The summed E-state index contributed by atoms with van der Waals surface area (Å²) in [5, 5.41) is 15.2. The topological polar surface area (TPSA) is 72.7 Å². The average molecular weight is 359 g/mol. The number of aromatic nitrogens is 4. The number of nitrogens with zero attached hydrogens (tertiary/aromatic N) is 4. The summed E-state index contributed by atoms with van der Waals surface area (Å²) in [4.78, 5) is 12.2. The van der Waals surface area contributed by atoms with Crippen molar-refractivity contribution in [2.45, 2.75) is 24.6 Å². The lowest BCUT2D eigenvalue weighted by atomic mass is 10.3. The molecule has 2 heterocycles. The molecule has 8 heteroatoms. The second kappa shape index (κ2) is 7.59. The smallest absolute Gasteiger partial charge is 0.225 e. The van der Waals surface area contributed by atoms with Crippen molar-refractivity contribution in [3.63, 3.8) is 0 Å². The highest BCUT2D eigenvalue weighted by Crippen LogP contribution is 2.24. The van der Waals surface area contributed by atoms with Gasteiger partial charge >= 0.3 is 0 Å². The van der Waals surface area contributed by atoms with E-state index in [0.29, 0.717) is 12.2 Å². The lowest BCUT2D eigenvalue weighted by Crippen LogP contribution is -2.13. The van der Waals surface area contributed by atoms with Gasteiger partial charge in [0.1, 0.15) is 5.51 Å². The fourth-order valence-electron chi connectivity index (χ4n) is 2.30. The minimum atomic E-state index is -0.0224. The first kappa shape index (κ1) is 16.7. The zero-order valence-electron chi connectivity index (χ0n) is 13.4. The summed E-state index contributed by atoms with van der Waals surface area (Å²) in [5.74, 6) is 0.650. The molecule has 0 aliphatic carbocycles. The molecule has 0 saturated carbocycles. The van der Waals surface area contributed by atoms with Crippen LogP contribution in [-0.4, -0.2) is 31.6 Å². The Kier molecular flexibility index (Phi) is 5.27. The zero-order chi connectivity index (χ0) is 16.9. The van der Waals surface area contributed by atoms with Crippen LogP contribution in [0.4, 0.5) is 5.69 Å². The van der Waals surface area contributed by atoms with Crippen LogP contribution >= 0.6 is 23.1 Å². The van der Waals surface area contributed by atoms with E-state index in [2.05, 4.69) is 20.6 Å². The Morgan fingerprint density at radius 2 is 2.08 bits per heavy atom. The van der Waals surface area contributed by atoms with Gasteiger partial charge in [0.05, 0.1) is 22.8 Å². The van der Waals surface area contributed by atoms with E-state index in [-0.39, 0.29) is 5.91 Å². The van der Waals surface area contributed by atoms with Gasteiger partial charge in [0.25, 0.3) is 0 Å². The quantitative estimate of drug-likeness (QED) is 0.682. The number of benzene rings is 1. The lowest BCUT2D eigenvalue weighted by Gasteiger charge is -2.07. The average Bonchev–Trinajstić information content (AvgIpc) is 3.19. The van der Waals surface area contributed by atoms with Gasteiger partial charge in [0, 0.05) is 12.2 Å². The molecule has 1 aromatic carbocycles. The van der Waals surface area contributed by atoms with Crippen LogP contribution in [0.2, 0.25) is 0 Å². The number of hydrogen-bond donors (Lipinski definition) is 1. The van der Waals surface area contributed by atoms with E-state index in [4.69, 9.17) is 0 Å². The Bertz CT molecular complexity index is 815. The first-order valence-corrected chi connectivity index (χ1v) is 9.32. The van der Waals surface area contributed by atoms with E-state index < -0.39 is 0 Å². The van der Waals surface area contributed by atoms with Crippen LogP contribution in [0.3, 0.4) is 0 Å². The molecular formula is C16H17N5OS2. The molecule has 124 valence electrons. The van der Waals surface area contributed by atoms with Gasteiger partial charge in [-0.2, -0.15) is 5.10 Å². The normalized spacial score (nSPS) is 10.8. The van der Waals surface area contributed by atoms with Crippen LogP contribution < -0.4 is 5.32 Å². The molecule has 0 saturated heterocycles. The molecule has 0 aliphatic heterocycles. The number of amides is 1. The molecule has 0 fully saturated rings. The van der Waals surface area contributed by atoms with Gasteiger partial charge in [-0.05, 0) is 26.0 Å². The van der Waals surface area contributed by atoms with Crippen molar-refractivity contribution in [3.05, 3.63) is 47.2 Å². The number of aryl methyl sites for hydroxylation is 1. The van der Waals surface area contributed by atoms with Crippen LogP contribution in [0.5, 0.6) is 0 Å². The number of thioether (sulfide) groups is 1. The predicted molar refractivity (Wildman–Crippen MR) is 96.9 cm³/mol. The molecule has 0 bridgehead atoms. The van der Waals surface area contributed by atoms with Crippen LogP contribution in [0, 0.1) is 13.8 Å². The van der Waals surface area contributed by atoms with Crippen LogP contribution in [-0.2, 0) is 4.79 Å². The van der Waals surface area contributed by atoms with Crippen molar-refractivity contribution in [3.8, 4) is 5.69 Å². The molecule has 6 nitrogen and oxygen atoms in total. The molecule has 0 aliphatic rings. The SMILES string of the molecule is Cc1nn(-c2ccccc2)c(C)c1NC(=O)CCSc1nncs1. The van der Waals surface area contributed by atoms with Gasteiger partial charge in [-0.25, -0.2) is 4.68 Å². The highest BCUT2D eigenvalue weighted by Gasteiger charge is 2.15. The molecule has 1 amide bonds. The molecule has 0 spiro atoms. The van der Waals surface area contributed by atoms with Crippen LogP contribution in [0.15, 0.2) is 40.2 Å². The van der Waals surface area contributed by atoms with Crippen molar-refractivity contribution >= 4 is 34.7 Å². The fraction of sp³-hybridized carbons (Fsp3) is 0.250. The Morgan fingerprint density at radius 3 is 2.79 bits per heavy atom. The molecule has 0 radical (unpaired) electrons. The second-order valence-electron chi connectivity index (χ2n) is 5.14. The van der Waals surface area contributed by atoms with E-state index in [1.165, 1.54) is 23.1 Å². The molecule has 3 rings (SSSR count). The summed E-state index contributed by atoms with van der Waals surface area (Å²) in [7, 11) is 0. The summed E-state index contributed by atoms with van der Waals surface area (Å²) in [5.41, 5.74) is 5.17. The van der Waals surface area contributed by atoms with Crippen LogP contribution in [0.25, 0.3) is 5.69 Å². The molecule has 0 unspecified atom stereocenters. The van der Waals surface area contributed by atoms with Crippen molar-refractivity contribution in [2.75, 3.05) is 11.1 Å². The Morgan fingerprint density at radius 1 is 1.29 bits per heavy atom. The first-order chi connectivity index (χ1) is 11.6. The highest BCUT2D eigenvalue weighted by molar-refractivity contribution is 8.01. The number of para-hydroxylation sites is 1. The molecule has 2 aromatic heterocycles. The zero-order valence-corrected chi connectivity index (χ0v) is 15.0. The highest BCUT2D eigenvalue weighted by atomic mass is 32.2. The molecule has 3 aromatic rings. The van der Waals surface area contributed by atoms with Crippen molar-refractivity contribution in [2.24, 2.45) is 0 Å². The van der Waals surface area contributed by atoms with Gasteiger partial charge in [-0.15, -0.1) is 10.2 Å². The standard InChI is InChI=1S/C16H17N5OS2/c1-11-15(12(2)21(20-11)13-6-4-3-5-7-13)18-14(22)8-9-23-16-19-17-10-24-16/h3-7,10H,8-9H2,1-2H3,(H,18,22). The van der Waals surface area contributed by atoms with E-state index >= 15 is 0 Å². The maximum Gasteiger partial charge on any atom is 0.225 e. The van der Waals surface area contributed by atoms with Gasteiger partial charge in [0.15, 0.2) is 4.34 Å². The second-order valence-corrected chi connectivity index (χ2v) is 7.32. The summed E-state index contributed by atoms with van der Waals surface area (Å²) in [6, 6.07) is 9.88. The monoisotopic (exact) mass is 359 g/mol. The Labute approximate surface area is 148 Å². The van der Waals surface area contributed by atoms with Gasteiger partial charge in [-0.1, -0.05) is 41.3 Å². The Balaban J connectivity index is 1.64. The predicted octanol–water partition coefficient (Wildman–Crippen LogP) is 3.46. The largest absolute Gasteiger partial charge is 0.323 e. The van der Waals surface area contributed by atoms with E-state index in [0.717, 1.165) is 27.1 Å². The number of carbonyl (C=O) groups is 1. The molecule has 1 N–H and O–H groups in total. The number of anilines is 1. The first-order valence-electron chi connectivity index (χ1n) is 7.45. The number of carbonyl (C=O) groups excluding carboxylic acids is 1.